The number of hydrogen-bond acceptors (Lipinski definition) is 4. The minimum Gasteiger partial charge on any atom is -0.316 e. The van der Waals surface area contributed by atoms with Crippen molar-refractivity contribution in [1.82, 2.24) is 15.3 Å². The van der Waals surface area contributed by atoms with Gasteiger partial charge in [-0.3, -0.25) is 0 Å². The van der Waals surface area contributed by atoms with Gasteiger partial charge in [0, 0.05) is 23.9 Å². The number of nitrogens with one attached hydrogen (secondary N) is 1. The van der Waals surface area contributed by atoms with Crippen LogP contribution in [0.2, 0.25) is 0 Å². The number of thioether (sulfide) groups is 1. The van der Waals surface area contributed by atoms with E-state index >= 15 is 0 Å². The third-order valence-corrected chi connectivity index (χ3v) is 4.45. The van der Waals surface area contributed by atoms with Crippen molar-refractivity contribution in [2.24, 2.45) is 0 Å². The summed E-state index contributed by atoms with van der Waals surface area (Å²) in [4.78, 5) is 9.49. The molecule has 1 atom stereocenters. The molecule has 3 nitrogen and oxygen atoms in total. The first-order valence-corrected chi connectivity index (χ1v) is 7.15. The van der Waals surface area contributed by atoms with Crippen LogP contribution in [0.1, 0.15) is 35.1 Å². The van der Waals surface area contributed by atoms with Crippen molar-refractivity contribution in [3.63, 3.8) is 0 Å². The molecular weight excluding hydrogens is 218 g/mol. The van der Waals surface area contributed by atoms with Gasteiger partial charge >= 0.3 is 0 Å². The van der Waals surface area contributed by atoms with Crippen LogP contribution in [0.4, 0.5) is 0 Å². The summed E-state index contributed by atoms with van der Waals surface area (Å²) in [7, 11) is 0. The lowest BCUT2D eigenvalue weighted by molar-refractivity contribution is 0.685. The quantitative estimate of drug-likeness (QED) is 0.803. The van der Waals surface area contributed by atoms with Crippen molar-refractivity contribution >= 4 is 11.8 Å². The summed E-state index contributed by atoms with van der Waals surface area (Å²) < 4.78 is 0. The van der Waals surface area contributed by atoms with Gasteiger partial charge in [-0.25, -0.2) is 9.97 Å². The Hall–Kier alpha value is -0.610. The fourth-order valence-electron chi connectivity index (χ4n) is 2.52. The maximum Gasteiger partial charge on any atom is 0.133 e. The molecule has 0 spiro atoms. The molecule has 0 radical (unpaired) electrons. The molecule has 0 aliphatic carbocycles. The molecular formula is C12H17N3S. The van der Waals surface area contributed by atoms with Gasteiger partial charge in [-0.15, -0.1) is 0 Å². The molecule has 1 unspecified atom stereocenters. The minimum atomic E-state index is 0.538. The van der Waals surface area contributed by atoms with E-state index in [1.165, 1.54) is 29.1 Å². The number of fused-ring (bicyclic) bond motifs is 1. The van der Waals surface area contributed by atoms with E-state index in [9.17, 15) is 0 Å². The summed E-state index contributed by atoms with van der Waals surface area (Å²) in [6.45, 7) is 4.30. The van der Waals surface area contributed by atoms with Crippen molar-refractivity contribution in [2.45, 2.75) is 31.4 Å². The SMILES string of the molecule is Cc1nc(C2CCNC2)nc2c1CCSC2. The summed E-state index contributed by atoms with van der Waals surface area (Å²) in [6, 6.07) is 0. The maximum atomic E-state index is 4.78. The zero-order chi connectivity index (χ0) is 11.0. The molecule has 1 aromatic heterocycles. The molecule has 16 heavy (non-hydrogen) atoms. The Morgan fingerprint density at radius 2 is 2.31 bits per heavy atom. The first kappa shape index (κ1) is 10.5. The monoisotopic (exact) mass is 235 g/mol. The first-order valence-electron chi connectivity index (χ1n) is 5.99. The first-order chi connectivity index (χ1) is 7.84. The highest BCUT2D eigenvalue weighted by Crippen LogP contribution is 2.27. The molecule has 3 heterocycles. The second-order valence-electron chi connectivity index (χ2n) is 4.58. The van der Waals surface area contributed by atoms with E-state index in [1.807, 2.05) is 11.8 Å². The normalized spacial score (nSPS) is 24.4. The third kappa shape index (κ3) is 1.84. The van der Waals surface area contributed by atoms with Crippen LogP contribution in [0.25, 0.3) is 0 Å². The van der Waals surface area contributed by atoms with Crippen LogP contribution in [0.5, 0.6) is 0 Å². The average molecular weight is 235 g/mol. The Balaban J connectivity index is 1.97. The molecule has 3 rings (SSSR count). The minimum absolute atomic E-state index is 0.538. The largest absolute Gasteiger partial charge is 0.316 e. The van der Waals surface area contributed by atoms with E-state index in [1.54, 1.807) is 0 Å². The van der Waals surface area contributed by atoms with Crippen LogP contribution in [0.15, 0.2) is 0 Å². The molecule has 0 bridgehead atoms. The van der Waals surface area contributed by atoms with Gasteiger partial charge in [-0.05, 0) is 37.6 Å². The predicted molar refractivity (Wildman–Crippen MR) is 66.9 cm³/mol. The van der Waals surface area contributed by atoms with Crippen molar-refractivity contribution < 1.29 is 0 Å². The molecule has 1 saturated heterocycles. The smallest absolute Gasteiger partial charge is 0.133 e. The summed E-state index contributed by atoms with van der Waals surface area (Å²) in [5.74, 6) is 3.91. The third-order valence-electron chi connectivity index (χ3n) is 3.48. The highest BCUT2D eigenvalue weighted by atomic mass is 32.2. The zero-order valence-corrected chi connectivity index (χ0v) is 10.4. The lowest BCUT2D eigenvalue weighted by Crippen LogP contribution is -2.15. The Morgan fingerprint density at radius 3 is 3.12 bits per heavy atom. The van der Waals surface area contributed by atoms with E-state index in [-0.39, 0.29) is 0 Å². The van der Waals surface area contributed by atoms with E-state index in [2.05, 4.69) is 12.2 Å². The molecule has 0 amide bonds. The van der Waals surface area contributed by atoms with Crippen LogP contribution in [0.3, 0.4) is 0 Å². The Labute approximate surface area is 100 Å². The molecule has 1 fully saturated rings. The fourth-order valence-corrected chi connectivity index (χ4v) is 3.45. The molecule has 4 heteroatoms. The van der Waals surface area contributed by atoms with Gasteiger partial charge in [-0.1, -0.05) is 0 Å². The van der Waals surface area contributed by atoms with Crippen LogP contribution < -0.4 is 5.32 Å². The van der Waals surface area contributed by atoms with Crippen molar-refractivity contribution in [3.8, 4) is 0 Å². The van der Waals surface area contributed by atoms with Gasteiger partial charge in [0.05, 0.1) is 5.69 Å². The number of rotatable bonds is 1. The second kappa shape index (κ2) is 4.34. The topological polar surface area (TPSA) is 37.8 Å². The number of nitrogens with zero attached hydrogens (tertiary/aromatic N) is 2. The highest BCUT2D eigenvalue weighted by molar-refractivity contribution is 7.98. The molecule has 86 valence electrons. The number of hydrogen-bond donors (Lipinski definition) is 1. The second-order valence-corrected chi connectivity index (χ2v) is 5.69. The lowest BCUT2D eigenvalue weighted by atomic mass is 10.1. The molecule has 1 aromatic rings. The summed E-state index contributed by atoms with van der Waals surface area (Å²) in [5, 5.41) is 3.39. The van der Waals surface area contributed by atoms with Crippen LogP contribution >= 0.6 is 11.8 Å². The Bertz CT molecular complexity index is 399. The van der Waals surface area contributed by atoms with Gasteiger partial charge in [-0.2, -0.15) is 11.8 Å². The van der Waals surface area contributed by atoms with E-state index in [0.29, 0.717) is 5.92 Å². The molecule has 1 N–H and O–H groups in total. The predicted octanol–water partition coefficient (Wildman–Crippen LogP) is 1.65. The van der Waals surface area contributed by atoms with Gasteiger partial charge in [0.2, 0.25) is 0 Å². The zero-order valence-electron chi connectivity index (χ0n) is 9.62. The van der Waals surface area contributed by atoms with Crippen LogP contribution in [-0.2, 0) is 12.2 Å². The highest BCUT2D eigenvalue weighted by Gasteiger charge is 2.22. The maximum absolute atomic E-state index is 4.78. The average Bonchev–Trinajstić information content (AvgIpc) is 2.82. The number of aryl methyl sites for hydroxylation is 1. The van der Waals surface area contributed by atoms with Crippen molar-refractivity contribution in [3.05, 3.63) is 22.8 Å². The summed E-state index contributed by atoms with van der Waals surface area (Å²) >= 11 is 1.99. The summed E-state index contributed by atoms with van der Waals surface area (Å²) in [5.41, 5.74) is 3.92. The van der Waals surface area contributed by atoms with Crippen molar-refractivity contribution in [1.29, 1.82) is 0 Å². The van der Waals surface area contributed by atoms with Gasteiger partial charge in [0.15, 0.2) is 0 Å². The van der Waals surface area contributed by atoms with E-state index < -0.39 is 0 Å². The van der Waals surface area contributed by atoms with E-state index in [4.69, 9.17) is 9.97 Å². The van der Waals surface area contributed by atoms with Gasteiger partial charge in [0.25, 0.3) is 0 Å². The standard InChI is InChI=1S/C12H17N3S/c1-8-10-3-5-16-7-11(10)15-12(14-8)9-2-4-13-6-9/h9,13H,2-7H2,1H3. The molecule has 0 saturated carbocycles. The van der Waals surface area contributed by atoms with Gasteiger partial charge in [0.1, 0.15) is 5.82 Å². The fraction of sp³-hybridized carbons (Fsp3) is 0.667. The lowest BCUT2D eigenvalue weighted by Gasteiger charge is -2.18. The Morgan fingerprint density at radius 1 is 1.38 bits per heavy atom. The van der Waals surface area contributed by atoms with Crippen LogP contribution in [-0.4, -0.2) is 28.8 Å². The summed E-state index contributed by atoms with van der Waals surface area (Å²) in [6.07, 6.45) is 2.33. The number of aromatic nitrogens is 2. The van der Waals surface area contributed by atoms with Gasteiger partial charge < -0.3 is 5.32 Å². The van der Waals surface area contributed by atoms with Crippen LogP contribution in [0, 0.1) is 6.92 Å². The molecule has 2 aliphatic rings. The Kier molecular flexibility index (Phi) is 2.86. The molecule has 2 aliphatic heterocycles. The van der Waals surface area contributed by atoms with E-state index in [0.717, 1.165) is 31.1 Å². The molecule has 0 aromatic carbocycles. The van der Waals surface area contributed by atoms with Crippen molar-refractivity contribution in [2.75, 3.05) is 18.8 Å².